The second-order valence-corrected chi connectivity index (χ2v) is 6.70. The number of carbonyl (C=O) groups excluding carboxylic acids is 3. The van der Waals surface area contributed by atoms with E-state index in [1.807, 2.05) is 6.07 Å². The predicted molar refractivity (Wildman–Crippen MR) is 103 cm³/mol. The largest absolute Gasteiger partial charge is 0.343 e. The maximum absolute atomic E-state index is 12.9. The minimum absolute atomic E-state index is 0.0693. The minimum atomic E-state index is -0.357. The van der Waals surface area contributed by atoms with Crippen molar-refractivity contribution in [2.24, 2.45) is 5.92 Å². The standard InChI is InChI=1S/C21H22FN3O3/c22-17-6-8-18(9-7-17)24-21(28)16-10-12-25(13-11-16)19(26)14-23-20(27)15-4-2-1-3-5-15/h1-9,16H,10-14H2,(H,23,27)(H,24,28). The first-order chi connectivity index (χ1) is 13.5. The van der Waals surface area contributed by atoms with Crippen LogP contribution in [-0.4, -0.2) is 42.3 Å². The highest BCUT2D eigenvalue weighted by Gasteiger charge is 2.27. The summed E-state index contributed by atoms with van der Waals surface area (Å²) in [7, 11) is 0. The van der Waals surface area contributed by atoms with Crippen molar-refractivity contribution in [2.45, 2.75) is 12.8 Å². The lowest BCUT2D eigenvalue weighted by Gasteiger charge is -2.31. The Bertz CT molecular complexity index is 832. The van der Waals surface area contributed by atoms with Crippen LogP contribution in [0.2, 0.25) is 0 Å². The molecule has 2 aromatic rings. The Kier molecular flexibility index (Phi) is 6.37. The lowest BCUT2D eigenvalue weighted by molar-refractivity contribution is -0.133. The number of piperidine rings is 1. The number of amides is 3. The summed E-state index contributed by atoms with van der Waals surface area (Å²) < 4.78 is 12.9. The van der Waals surface area contributed by atoms with Gasteiger partial charge in [0, 0.05) is 30.3 Å². The number of hydrogen-bond acceptors (Lipinski definition) is 3. The van der Waals surface area contributed by atoms with Crippen molar-refractivity contribution in [3.63, 3.8) is 0 Å². The van der Waals surface area contributed by atoms with Crippen LogP contribution in [0.5, 0.6) is 0 Å². The summed E-state index contributed by atoms with van der Waals surface area (Å²) in [5.41, 5.74) is 1.06. The second kappa shape index (κ2) is 9.12. The van der Waals surface area contributed by atoms with Crippen molar-refractivity contribution in [1.82, 2.24) is 10.2 Å². The molecule has 2 N–H and O–H groups in total. The first-order valence-corrected chi connectivity index (χ1v) is 9.20. The zero-order valence-electron chi connectivity index (χ0n) is 15.4. The van der Waals surface area contributed by atoms with Gasteiger partial charge in [0.1, 0.15) is 5.82 Å². The van der Waals surface area contributed by atoms with Gasteiger partial charge in [0.2, 0.25) is 11.8 Å². The zero-order chi connectivity index (χ0) is 19.9. The first-order valence-electron chi connectivity index (χ1n) is 9.20. The number of benzene rings is 2. The smallest absolute Gasteiger partial charge is 0.251 e. The average molecular weight is 383 g/mol. The van der Waals surface area contributed by atoms with Gasteiger partial charge in [0.05, 0.1) is 6.54 Å². The first kappa shape index (κ1) is 19.5. The summed E-state index contributed by atoms with van der Waals surface area (Å²) in [6.07, 6.45) is 1.09. The molecule has 1 aliphatic rings. The van der Waals surface area contributed by atoms with Gasteiger partial charge in [-0.15, -0.1) is 0 Å². The molecule has 3 amide bonds. The fraction of sp³-hybridized carbons (Fsp3) is 0.286. The summed E-state index contributed by atoms with van der Waals surface area (Å²) in [5, 5.41) is 5.40. The Morgan fingerprint density at radius 2 is 1.61 bits per heavy atom. The normalized spacial score (nSPS) is 14.4. The van der Waals surface area contributed by atoms with Gasteiger partial charge in [-0.25, -0.2) is 4.39 Å². The van der Waals surface area contributed by atoms with Gasteiger partial charge in [-0.2, -0.15) is 0 Å². The third-order valence-corrected chi connectivity index (χ3v) is 4.77. The van der Waals surface area contributed by atoms with E-state index in [9.17, 15) is 18.8 Å². The Hall–Kier alpha value is -3.22. The fourth-order valence-electron chi connectivity index (χ4n) is 3.13. The van der Waals surface area contributed by atoms with Crippen LogP contribution in [0, 0.1) is 11.7 Å². The number of carbonyl (C=O) groups is 3. The quantitative estimate of drug-likeness (QED) is 0.832. The molecule has 0 radical (unpaired) electrons. The van der Waals surface area contributed by atoms with Crippen LogP contribution in [-0.2, 0) is 9.59 Å². The molecule has 146 valence electrons. The highest BCUT2D eigenvalue weighted by atomic mass is 19.1. The van der Waals surface area contributed by atoms with E-state index in [4.69, 9.17) is 0 Å². The highest BCUT2D eigenvalue weighted by molar-refractivity contribution is 5.96. The molecule has 6 nitrogen and oxygen atoms in total. The molecule has 0 aromatic heterocycles. The van der Waals surface area contributed by atoms with Crippen LogP contribution in [0.4, 0.5) is 10.1 Å². The molecule has 3 rings (SSSR count). The topological polar surface area (TPSA) is 78.5 Å². The van der Waals surface area contributed by atoms with E-state index in [2.05, 4.69) is 10.6 Å². The molecule has 28 heavy (non-hydrogen) atoms. The molecule has 0 bridgehead atoms. The van der Waals surface area contributed by atoms with Crippen molar-refractivity contribution in [3.8, 4) is 0 Å². The van der Waals surface area contributed by atoms with Crippen LogP contribution in [0.1, 0.15) is 23.2 Å². The molecule has 1 aliphatic heterocycles. The van der Waals surface area contributed by atoms with E-state index in [-0.39, 0.29) is 36.0 Å². The van der Waals surface area contributed by atoms with Crippen LogP contribution < -0.4 is 10.6 Å². The molecule has 0 aliphatic carbocycles. The molecular formula is C21H22FN3O3. The Labute approximate surface area is 162 Å². The number of anilines is 1. The maximum Gasteiger partial charge on any atom is 0.251 e. The Morgan fingerprint density at radius 1 is 0.964 bits per heavy atom. The molecule has 0 saturated carbocycles. The Morgan fingerprint density at radius 3 is 2.25 bits per heavy atom. The van der Waals surface area contributed by atoms with Gasteiger partial charge < -0.3 is 15.5 Å². The lowest BCUT2D eigenvalue weighted by atomic mass is 9.95. The number of rotatable bonds is 5. The lowest BCUT2D eigenvalue weighted by Crippen LogP contribution is -2.45. The maximum atomic E-state index is 12.9. The van der Waals surface area contributed by atoms with Gasteiger partial charge in [0.15, 0.2) is 0 Å². The zero-order valence-corrected chi connectivity index (χ0v) is 15.4. The number of likely N-dealkylation sites (tertiary alicyclic amines) is 1. The van der Waals surface area contributed by atoms with E-state index >= 15 is 0 Å². The van der Waals surface area contributed by atoms with Crippen LogP contribution in [0.25, 0.3) is 0 Å². The number of halogens is 1. The number of nitrogens with one attached hydrogen (secondary N) is 2. The summed E-state index contributed by atoms with van der Waals surface area (Å²) in [6.45, 7) is 0.850. The average Bonchev–Trinajstić information content (AvgIpc) is 2.74. The van der Waals surface area contributed by atoms with E-state index in [0.717, 1.165) is 0 Å². The van der Waals surface area contributed by atoms with E-state index in [0.29, 0.717) is 37.2 Å². The summed E-state index contributed by atoms with van der Waals surface area (Å²) >= 11 is 0. The SMILES string of the molecule is O=C(NCC(=O)N1CCC(C(=O)Nc2ccc(F)cc2)CC1)c1ccccc1. The van der Waals surface area contributed by atoms with Crippen molar-refractivity contribution >= 4 is 23.4 Å². The summed E-state index contributed by atoms with van der Waals surface area (Å²) in [6, 6.07) is 14.3. The molecule has 1 saturated heterocycles. The van der Waals surface area contributed by atoms with Crippen molar-refractivity contribution < 1.29 is 18.8 Å². The monoisotopic (exact) mass is 383 g/mol. The molecule has 0 atom stereocenters. The highest BCUT2D eigenvalue weighted by Crippen LogP contribution is 2.20. The molecule has 2 aromatic carbocycles. The van der Waals surface area contributed by atoms with Gasteiger partial charge in [-0.1, -0.05) is 18.2 Å². The predicted octanol–water partition coefficient (Wildman–Crippen LogP) is 2.43. The molecule has 7 heteroatoms. The molecular weight excluding hydrogens is 361 g/mol. The minimum Gasteiger partial charge on any atom is -0.343 e. The second-order valence-electron chi connectivity index (χ2n) is 6.70. The fourth-order valence-corrected chi connectivity index (χ4v) is 3.13. The molecule has 0 spiro atoms. The van der Waals surface area contributed by atoms with Gasteiger partial charge >= 0.3 is 0 Å². The Balaban J connectivity index is 1.42. The van der Waals surface area contributed by atoms with Crippen LogP contribution in [0.3, 0.4) is 0 Å². The van der Waals surface area contributed by atoms with Crippen LogP contribution in [0.15, 0.2) is 54.6 Å². The molecule has 1 fully saturated rings. The van der Waals surface area contributed by atoms with Crippen molar-refractivity contribution in [1.29, 1.82) is 0 Å². The van der Waals surface area contributed by atoms with E-state index < -0.39 is 0 Å². The molecule has 1 heterocycles. The third kappa shape index (κ3) is 5.16. The molecule has 0 unspecified atom stereocenters. The summed E-state index contributed by atoms with van der Waals surface area (Å²) in [5.74, 6) is -1.14. The van der Waals surface area contributed by atoms with E-state index in [1.54, 1.807) is 29.2 Å². The summed E-state index contributed by atoms with van der Waals surface area (Å²) in [4.78, 5) is 38.3. The van der Waals surface area contributed by atoms with Crippen molar-refractivity contribution in [3.05, 3.63) is 66.0 Å². The van der Waals surface area contributed by atoms with Crippen molar-refractivity contribution in [2.75, 3.05) is 25.0 Å². The van der Waals surface area contributed by atoms with E-state index in [1.165, 1.54) is 24.3 Å². The third-order valence-electron chi connectivity index (χ3n) is 4.77. The number of nitrogens with zero attached hydrogens (tertiary/aromatic N) is 1. The van der Waals surface area contributed by atoms with Gasteiger partial charge in [-0.05, 0) is 49.2 Å². The van der Waals surface area contributed by atoms with Crippen LogP contribution >= 0.6 is 0 Å². The van der Waals surface area contributed by atoms with Gasteiger partial charge in [-0.3, -0.25) is 14.4 Å². The van der Waals surface area contributed by atoms with Gasteiger partial charge in [0.25, 0.3) is 5.91 Å². The number of hydrogen-bond donors (Lipinski definition) is 2.